The van der Waals surface area contributed by atoms with Crippen LogP contribution in [-0.4, -0.2) is 34.6 Å². The molecule has 1 fully saturated rings. The molecule has 13 heavy (non-hydrogen) atoms. The normalized spacial score (nSPS) is 22.7. The number of nitrogen functional groups attached to an aromatic ring is 1. The molecule has 0 aliphatic carbocycles. The SMILES string of the molecule is CN1CCC(c2nnc(N)s2)C1=O. The molecule has 0 saturated carbocycles. The number of hydrogen-bond acceptors (Lipinski definition) is 5. The molecule has 2 N–H and O–H groups in total. The molecule has 1 amide bonds. The molecule has 6 heteroatoms. The van der Waals surface area contributed by atoms with Gasteiger partial charge in [0.2, 0.25) is 11.0 Å². The van der Waals surface area contributed by atoms with E-state index in [1.54, 1.807) is 11.9 Å². The van der Waals surface area contributed by atoms with Crippen LogP contribution in [-0.2, 0) is 4.79 Å². The fourth-order valence-corrected chi connectivity index (χ4v) is 2.18. The summed E-state index contributed by atoms with van der Waals surface area (Å²) in [6.07, 6.45) is 0.823. The Hall–Kier alpha value is -1.17. The van der Waals surface area contributed by atoms with Crippen molar-refractivity contribution in [3.8, 4) is 0 Å². The monoisotopic (exact) mass is 198 g/mol. The Morgan fingerprint density at radius 2 is 2.38 bits per heavy atom. The summed E-state index contributed by atoms with van der Waals surface area (Å²) < 4.78 is 0. The zero-order valence-electron chi connectivity index (χ0n) is 7.23. The predicted molar refractivity (Wildman–Crippen MR) is 49.3 cm³/mol. The highest BCUT2D eigenvalue weighted by Gasteiger charge is 2.32. The molecule has 0 bridgehead atoms. The van der Waals surface area contributed by atoms with Gasteiger partial charge in [0.1, 0.15) is 5.01 Å². The molecule has 1 unspecified atom stereocenters. The lowest BCUT2D eigenvalue weighted by molar-refractivity contribution is -0.127. The van der Waals surface area contributed by atoms with Crippen LogP contribution in [0.2, 0.25) is 0 Å². The Labute approximate surface area is 79.6 Å². The summed E-state index contributed by atoms with van der Waals surface area (Å²) in [5.74, 6) is 0.0101. The molecule has 1 atom stereocenters. The van der Waals surface area contributed by atoms with Gasteiger partial charge in [0.15, 0.2) is 0 Å². The minimum Gasteiger partial charge on any atom is -0.374 e. The first-order chi connectivity index (χ1) is 6.18. The lowest BCUT2D eigenvalue weighted by atomic mass is 10.1. The van der Waals surface area contributed by atoms with E-state index in [1.807, 2.05) is 0 Å². The van der Waals surface area contributed by atoms with Crippen molar-refractivity contribution >= 4 is 22.4 Å². The number of carbonyl (C=O) groups excluding carboxylic acids is 1. The fraction of sp³-hybridized carbons (Fsp3) is 0.571. The maximum atomic E-state index is 11.5. The van der Waals surface area contributed by atoms with Gasteiger partial charge in [-0.05, 0) is 6.42 Å². The van der Waals surface area contributed by atoms with E-state index < -0.39 is 0 Å². The van der Waals surface area contributed by atoms with E-state index in [4.69, 9.17) is 5.73 Å². The Morgan fingerprint density at radius 3 is 2.85 bits per heavy atom. The van der Waals surface area contributed by atoms with Gasteiger partial charge in [0.05, 0.1) is 5.92 Å². The van der Waals surface area contributed by atoms with Gasteiger partial charge in [0, 0.05) is 13.6 Å². The summed E-state index contributed by atoms with van der Waals surface area (Å²) in [5, 5.41) is 8.75. The van der Waals surface area contributed by atoms with Crippen molar-refractivity contribution in [2.75, 3.05) is 19.3 Å². The number of likely N-dealkylation sites (tertiary alicyclic amines) is 1. The van der Waals surface area contributed by atoms with Crippen molar-refractivity contribution in [3.63, 3.8) is 0 Å². The number of aromatic nitrogens is 2. The van der Waals surface area contributed by atoms with Gasteiger partial charge >= 0.3 is 0 Å². The standard InChI is InChI=1S/C7H10N4OS/c1-11-3-2-4(6(11)12)5-9-10-7(8)13-5/h4H,2-3H2,1H3,(H2,8,10). The fourth-order valence-electron chi connectivity index (χ4n) is 1.44. The van der Waals surface area contributed by atoms with Crippen LogP contribution < -0.4 is 5.73 Å². The number of nitrogens with two attached hydrogens (primary N) is 1. The van der Waals surface area contributed by atoms with Gasteiger partial charge in [0.25, 0.3) is 0 Å². The van der Waals surface area contributed by atoms with Gasteiger partial charge in [-0.15, -0.1) is 10.2 Å². The van der Waals surface area contributed by atoms with Crippen LogP contribution >= 0.6 is 11.3 Å². The molecule has 5 nitrogen and oxygen atoms in total. The molecule has 0 spiro atoms. The summed E-state index contributed by atoms with van der Waals surface area (Å²) in [4.78, 5) is 13.2. The minimum atomic E-state index is -0.111. The summed E-state index contributed by atoms with van der Waals surface area (Å²) in [6.45, 7) is 0.795. The largest absolute Gasteiger partial charge is 0.374 e. The van der Waals surface area contributed by atoms with Gasteiger partial charge in [-0.1, -0.05) is 11.3 Å². The second-order valence-corrected chi connectivity index (χ2v) is 4.12. The lowest BCUT2D eigenvalue weighted by Gasteiger charge is -2.06. The highest BCUT2D eigenvalue weighted by molar-refractivity contribution is 7.15. The van der Waals surface area contributed by atoms with Crippen LogP contribution in [0.15, 0.2) is 0 Å². The van der Waals surface area contributed by atoms with Crippen molar-refractivity contribution in [2.24, 2.45) is 0 Å². The van der Waals surface area contributed by atoms with E-state index in [0.717, 1.165) is 18.0 Å². The molecule has 2 rings (SSSR count). The third-order valence-corrected chi connectivity index (χ3v) is 3.05. The number of nitrogens with zero attached hydrogens (tertiary/aromatic N) is 3. The summed E-state index contributed by atoms with van der Waals surface area (Å²) in [5.41, 5.74) is 5.45. The molecule has 2 heterocycles. The molecule has 1 aliphatic heterocycles. The lowest BCUT2D eigenvalue weighted by Crippen LogP contribution is -2.21. The number of rotatable bonds is 1. The van der Waals surface area contributed by atoms with Crippen molar-refractivity contribution in [3.05, 3.63) is 5.01 Å². The van der Waals surface area contributed by atoms with E-state index in [-0.39, 0.29) is 11.8 Å². The van der Waals surface area contributed by atoms with Crippen molar-refractivity contribution in [1.29, 1.82) is 0 Å². The van der Waals surface area contributed by atoms with E-state index >= 15 is 0 Å². The Kier molecular flexibility index (Phi) is 1.91. The zero-order chi connectivity index (χ0) is 9.42. The Morgan fingerprint density at radius 1 is 1.62 bits per heavy atom. The second kappa shape index (κ2) is 2.95. The van der Waals surface area contributed by atoms with E-state index in [2.05, 4.69) is 10.2 Å². The Balaban J connectivity index is 2.23. The van der Waals surface area contributed by atoms with Crippen LogP contribution in [0.5, 0.6) is 0 Å². The maximum Gasteiger partial charge on any atom is 0.232 e. The number of hydrogen-bond donors (Lipinski definition) is 1. The zero-order valence-corrected chi connectivity index (χ0v) is 8.04. The first kappa shape index (κ1) is 8.43. The Bertz CT molecular complexity index is 337. The third-order valence-electron chi connectivity index (χ3n) is 2.18. The summed E-state index contributed by atoms with van der Waals surface area (Å²) in [7, 11) is 1.80. The molecule has 1 aliphatic rings. The molecule has 1 aromatic rings. The summed E-state index contributed by atoms with van der Waals surface area (Å²) in [6, 6.07) is 0. The number of likely N-dealkylation sites (N-methyl/N-ethyl adjacent to an activating group) is 1. The van der Waals surface area contributed by atoms with Gasteiger partial charge < -0.3 is 10.6 Å². The van der Waals surface area contributed by atoms with Crippen LogP contribution in [0.4, 0.5) is 5.13 Å². The molecule has 0 radical (unpaired) electrons. The van der Waals surface area contributed by atoms with Gasteiger partial charge in [-0.2, -0.15) is 0 Å². The van der Waals surface area contributed by atoms with Crippen molar-refractivity contribution in [2.45, 2.75) is 12.3 Å². The number of amides is 1. The second-order valence-electron chi connectivity index (χ2n) is 3.08. The molecule has 1 saturated heterocycles. The highest BCUT2D eigenvalue weighted by atomic mass is 32.1. The average molecular weight is 198 g/mol. The topological polar surface area (TPSA) is 72.1 Å². The quantitative estimate of drug-likeness (QED) is 0.693. The molecular weight excluding hydrogens is 188 g/mol. The van der Waals surface area contributed by atoms with E-state index in [0.29, 0.717) is 5.13 Å². The first-order valence-electron chi connectivity index (χ1n) is 4.02. The maximum absolute atomic E-state index is 11.5. The van der Waals surface area contributed by atoms with Crippen LogP contribution in [0, 0.1) is 0 Å². The average Bonchev–Trinajstić information content (AvgIpc) is 2.62. The smallest absolute Gasteiger partial charge is 0.232 e. The van der Waals surface area contributed by atoms with Crippen LogP contribution in [0.25, 0.3) is 0 Å². The third kappa shape index (κ3) is 1.37. The van der Waals surface area contributed by atoms with Crippen molar-refractivity contribution < 1.29 is 4.79 Å². The summed E-state index contributed by atoms with van der Waals surface area (Å²) >= 11 is 1.30. The van der Waals surface area contributed by atoms with Crippen LogP contribution in [0.3, 0.4) is 0 Å². The number of anilines is 1. The van der Waals surface area contributed by atoms with Gasteiger partial charge in [-0.3, -0.25) is 4.79 Å². The molecule has 70 valence electrons. The van der Waals surface area contributed by atoms with Crippen LogP contribution in [0.1, 0.15) is 17.3 Å². The van der Waals surface area contributed by atoms with Gasteiger partial charge in [-0.25, -0.2) is 0 Å². The predicted octanol–water partition coefficient (Wildman–Crippen LogP) is 0.0660. The molecule has 0 aromatic carbocycles. The highest BCUT2D eigenvalue weighted by Crippen LogP contribution is 2.30. The molecule has 1 aromatic heterocycles. The first-order valence-corrected chi connectivity index (χ1v) is 4.84. The number of carbonyl (C=O) groups is 1. The van der Waals surface area contributed by atoms with E-state index in [1.165, 1.54) is 11.3 Å². The minimum absolute atomic E-state index is 0.111. The molecular formula is C7H10N4OS. The van der Waals surface area contributed by atoms with Crippen molar-refractivity contribution in [1.82, 2.24) is 15.1 Å². The van der Waals surface area contributed by atoms with E-state index in [9.17, 15) is 4.79 Å².